The molecule has 0 amide bonds. The highest BCUT2D eigenvalue weighted by atomic mass is 19.4. The lowest BCUT2D eigenvalue weighted by Crippen LogP contribution is -2.08. The van der Waals surface area contributed by atoms with Crippen molar-refractivity contribution in [2.75, 3.05) is 10.6 Å². The number of hydrogen-bond donors (Lipinski definition) is 2. The molecule has 4 nitrogen and oxygen atoms in total. The summed E-state index contributed by atoms with van der Waals surface area (Å²) in [5, 5.41) is 5.66. The fourth-order valence-electron chi connectivity index (χ4n) is 2.44. The topological polar surface area (TPSA) is 49.8 Å². The predicted molar refractivity (Wildman–Crippen MR) is 95.5 cm³/mol. The normalized spacial score (nSPS) is 11.9. The van der Waals surface area contributed by atoms with E-state index in [0.717, 1.165) is 24.3 Å². The average molecular weight is 412 g/mol. The van der Waals surface area contributed by atoms with Crippen molar-refractivity contribution in [3.63, 3.8) is 0 Å². The predicted octanol–water partition coefficient (Wildman–Crippen LogP) is 5.87. The van der Waals surface area contributed by atoms with Gasteiger partial charge in [0, 0.05) is 18.4 Å². The van der Waals surface area contributed by atoms with Crippen molar-refractivity contribution in [1.82, 2.24) is 9.97 Å². The number of alkyl halides is 6. The van der Waals surface area contributed by atoms with E-state index in [1.807, 2.05) is 0 Å². The molecule has 152 valence electrons. The highest BCUT2D eigenvalue weighted by Gasteiger charge is 2.30. The molecule has 0 aliphatic carbocycles. The average Bonchev–Trinajstić information content (AvgIpc) is 2.66. The van der Waals surface area contributed by atoms with Crippen LogP contribution in [0.5, 0.6) is 0 Å². The number of nitrogens with zero attached hydrogens (tertiary/aromatic N) is 2. The SMILES string of the molecule is FC(F)(F)c1ccc(Nc2nccc(NCc3cccc(C(F)(F)F)c3)n2)cc1. The van der Waals surface area contributed by atoms with Crippen LogP contribution in [0.2, 0.25) is 0 Å². The van der Waals surface area contributed by atoms with Crippen molar-refractivity contribution in [3.8, 4) is 0 Å². The van der Waals surface area contributed by atoms with Gasteiger partial charge in [0.2, 0.25) is 5.95 Å². The first-order valence-electron chi connectivity index (χ1n) is 8.28. The van der Waals surface area contributed by atoms with Gasteiger partial charge in [-0.15, -0.1) is 0 Å². The summed E-state index contributed by atoms with van der Waals surface area (Å²) in [7, 11) is 0. The molecule has 0 saturated heterocycles. The monoisotopic (exact) mass is 412 g/mol. The molecule has 10 heteroatoms. The van der Waals surface area contributed by atoms with Crippen molar-refractivity contribution in [1.29, 1.82) is 0 Å². The van der Waals surface area contributed by atoms with Gasteiger partial charge in [0.05, 0.1) is 11.1 Å². The zero-order valence-electron chi connectivity index (χ0n) is 14.6. The number of hydrogen-bond acceptors (Lipinski definition) is 4. The summed E-state index contributed by atoms with van der Waals surface area (Å²) in [5.74, 6) is 0.464. The van der Waals surface area contributed by atoms with E-state index in [1.54, 1.807) is 6.07 Å². The molecular weight excluding hydrogens is 398 g/mol. The number of rotatable bonds is 5. The van der Waals surface area contributed by atoms with Gasteiger partial charge in [0.25, 0.3) is 0 Å². The molecular formula is C19H14F6N4. The van der Waals surface area contributed by atoms with E-state index in [1.165, 1.54) is 30.5 Å². The minimum atomic E-state index is -4.43. The maximum atomic E-state index is 12.8. The smallest absolute Gasteiger partial charge is 0.366 e. The molecule has 2 N–H and O–H groups in total. The lowest BCUT2D eigenvalue weighted by atomic mass is 10.1. The number of benzene rings is 2. The summed E-state index contributed by atoms with van der Waals surface area (Å²) in [6.07, 6.45) is -7.44. The molecule has 0 spiro atoms. The second kappa shape index (κ2) is 7.98. The third-order valence-electron chi connectivity index (χ3n) is 3.85. The summed E-state index contributed by atoms with van der Waals surface area (Å²) >= 11 is 0. The fraction of sp³-hybridized carbons (Fsp3) is 0.158. The quantitative estimate of drug-likeness (QED) is 0.515. The third-order valence-corrected chi connectivity index (χ3v) is 3.85. The van der Waals surface area contributed by atoms with E-state index in [-0.39, 0.29) is 12.5 Å². The van der Waals surface area contributed by atoms with Gasteiger partial charge < -0.3 is 10.6 Å². The summed E-state index contributed by atoms with van der Waals surface area (Å²) < 4.78 is 76.1. The number of halogens is 6. The number of nitrogens with one attached hydrogen (secondary N) is 2. The summed E-state index contributed by atoms with van der Waals surface area (Å²) in [6.45, 7) is 0.0979. The van der Waals surface area contributed by atoms with Crippen LogP contribution in [-0.4, -0.2) is 9.97 Å². The van der Waals surface area contributed by atoms with Crippen molar-refractivity contribution < 1.29 is 26.3 Å². The van der Waals surface area contributed by atoms with Crippen LogP contribution in [0.1, 0.15) is 16.7 Å². The molecule has 29 heavy (non-hydrogen) atoms. The van der Waals surface area contributed by atoms with Gasteiger partial charge in [0.1, 0.15) is 5.82 Å². The van der Waals surface area contributed by atoms with Crippen molar-refractivity contribution in [2.24, 2.45) is 0 Å². The molecule has 0 unspecified atom stereocenters. The maximum Gasteiger partial charge on any atom is 0.416 e. The number of anilines is 3. The first-order chi connectivity index (χ1) is 13.6. The molecule has 2 aromatic carbocycles. The largest absolute Gasteiger partial charge is 0.416 e. The molecule has 1 heterocycles. The molecule has 0 aliphatic rings. The van der Waals surface area contributed by atoms with Crippen molar-refractivity contribution >= 4 is 17.5 Å². The van der Waals surface area contributed by atoms with E-state index >= 15 is 0 Å². The lowest BCUT2D eigenvalue weighted by Gasteiger charge is -2.11. The Bertz CT molecular complexity index is 967. The molecule has 1 aromatic heterocycles. The van der Waals surface area contributed by atoms with Gasteiger partial charge in [-0.05, 0) is 48.0 Å². The van der Waals surface area contributed by atoms with E-state index in [9.17, 15) is 26.3 Å². The van der Waals surface area contributed by atoms with Gasteiger partial charge in [-0.2, -0.15) is 31.3 Å². The van der Waals surface area contributed by atoms with Crippen LogP contribution in [0, 0.1) is 0 Å². The lowest BCUT2D eigenvalue weighted by molar-refractivity contribution is -0.138. The number of aromatic nitrogens is 2. The Morgan fingerprint density at radius 2 is 1.48 bits per heavy atom. The van der Waals surface area contributed by atoms with Crippen molar-refractivity contribution in [2.45, 2.75) is 18.9 Å². The minimum Gasteiger partial charge on any atom is -0.366 e. The molecule has 3 rings (SSSR count). The molecule has 0 saturated carbocycles. The highest BCUT2D eigenvalue weighted by Crippen LogP contribution is 2.31. The molecule has 0 fully saturated rings. The van der Waals surface area contributed by atoms with Gasteiger partial charge in [0.15, 0.2) is 0 Å². The summed E-state index contributed by atoms with van der Waals surface area (Å²) in [4.78, 5) is 8.12. The second-order valence-electron chi connectivity index (χ2n) is 6.02. The van der Waals surface area contributed by atoms with E-state index in [4.69, 9.17) is 0 Å². The van der Waals surface area contributed by atoms with Crippen LogP contribution < -0.4 is 10.6 Å². The molecule has 0 atom stereocenters. The Hall–Kier alpha value is -3.30. The van der Waals surface area contributed by atoms with Gasteiger partial charge >= 0.3 is 12.4 Å². The van der Waals surface area contributed by atoms with Gasteiger partial charge in [-0.3, -0.25) is 0 Å². The molecule has 0 radical (unpaired) electrons. The van der Waals surface area contributed by atoms with Crippen LogP contribution >= 0.6 is 0 Å². The summed E-state index contributed by atoms with van der Waals surface area (Å²) in [5.41, 5.74) is -0.756. The van der Waals surface area contributed by atoms with Crippen LogP contribution in [0.15, 0.2) is 60.8 Å². The van der Waals surface area contributed by atoms with E-state index < -0.39 is 23.5 Å². The molecule has 0 aliphatic heterocycles. The Labute approximate surface area is 161 Å². The summed E-state index contributed by atoms with van der Waals surface area (Å²) in [6, 6.07) is 10.8. The van der Waals surface area contributed by atoms with Gasteiger partial charge in [-0.1, -0.05) is 12.1 Å². The fourth-order valence-corrected chi connectivity index (χ4v) is 2.44. The van der Waals surface area contributed by atoms with Crippen LogP contribution in [0.3, 0.4) is 0 Å². The zero-order chi connectivity index (χ0) is 21.1. The van der Waals surface area contributed by atoms with Crippen LogP contribution in [0.4, 0.5) is 43.8 Å². The van der Waals surface area contributed by atoms with Crippen molar-refractivity contribution in [3.05, 3.63) is 77.5 Å². The van der Waals surface area contributed by atoms with E-state index in [0.29, 0.717) is 17.1 Å². The third kappa shape index (κ3) is 5.59. The Morgan fingerprint density at radius 1 is 0.793 bits per heavy atom. The molecule has 3 aromatic rings. The Balaban J connectivity index is 1.66. The second-order valence-corrected chi connectivity index (χ2v) is 6.02. The standard InChI is InChI=1S/C19H14F6N4/c20-18(21,22)13-4-6-15(7-5-13)28-17-26-9-8-16(29-17)27-11-12-2-1-3-14(10-12)19(23,24)25/h1-10H,11H2,(H2,26,27,28,29). The van der Waals surface area contributed by atoms with Gasteiger partial charge in [-0.25, -0.2) is 4.98 Å². The van der Waals surface area contributed by atoms with Crippen LogP contribution in [0.25, 0.3) is 0 Å². The first kappa shape index (κ1) is 20.4. The Kier molecular flexibility index (Phi) is 5.62. The molecule has 0 bridgehead atoms. The minimum absolute atomic E-state index is 0.0979. The first-order valence-corrected chi connectivity index (χ1v) is 8.28. The maximum absolute atomic E-state index is 12.8. The van der Waals surface area contributed by atoms with E-state index in [2.05, 4.69) is 20.6 Å². The van der Waals surface area contributed by atoms with Crippen LogP contribution in [-0.2, 0) is 18.9 Å². The Morgan fingerprint density at radius 3 is 2.14 bits per heavy atom. The highest BCUT2D eigenvalue weighted by molar-refractivity contribution is 5.55. The zero-order valence-corrected chi connectivity index (χ0v) is 14.6.